The van der Waals surface area contributed by atoms with E-state index < -0.39 is 0 Å². The molecule has 0 unspecified atom stereocenters. The number of thiocarbonyl (C=S) groups is 1. The zero-order valence-electron chi connectivity index (χ0n) is 9.99. The first-order chi connectivity index (χ1) is 7.61. The number of hydrogen-bond acceptors (Lipinski definition) is 3. The number of hydrogen-bond donors (Lipinski definition) is 1. The fourth-order valence-corrected chi connectivity index (χ4v) is 2.62. The van der Waals surface area contributed by atoms with Crippen LogP contribution in [0.2, 0.25) is 0 Å². The van der Waals surface area contributed by atoms with Gasteiger partial charge in [-0.1, -0.05) is 25.2 Å². The van der Waals surface area contributed by atoms with Gasteiger partial charge in [-0.3, -0.25) is 0 Å². The van der Waals surface area contributed by atoms with Crippen LogP contribution in [-0.4, -0.2) is 24.8 Å². The Balaban J connectivity index is 3.21. The van der Waals surface area contributed by atoms with Gasteiger partial charge in [-0.2, -0.15) is 0 Å². The van der Waals surface area contributed by atoms with E-state index in [0.717, 1.165) is 29.1 Å². The van der Waals surface area contributed by atoms with Crippen LogP contribution in [0.15, 0.2) is 23.1 Å². The van der Waals surface area contributed by atoms with Crippen LogP contribution in [-0.2, 0) is 0 Å². The molecule has 1 aromatic rings. The first-order valence-electron chi connectivity index (χ1n) is 5.29. The Morgan fingerprint density at radius 1 is 1.50 bits per heavy atom. The van der Waals surface area contributed by atoms with Crippen LogP contribution in [0.3, 0.4) is 0 Å². The maximum atomic E-state index is 5.82. The standard InChI is InChI=1S/C12H18N2S2/c1-4-8-14(2)9-6-5-7-10(16-3)11(9)12(13)15/h5-7H,4,8H2,1-3H3,(H2,13,15). The molecule has 88 valence electrons. The molecule has 16 heavy (non-hydrogen) atoms. The number of nitrogens with zero attached hydrogens (tertiary/aromatic N) is 1. The van der Waals surface area contributed by atoms with Crippen molar-refractivity contribution >= 4 is 34.7 Å². The zero-order valence-corrected chi connectivity index (χ0v) is 11.6. The zero-order chi connectivity index (χ0) is 12.1. The molecule has 2 nitrogen and oxygen atoms in total. The summed E-state index contributed by atoms with van der Waals surface area (Å²) in [4.78, 5) is 3.82. The fourth-order valence-electron chi connectivity index (χ4n) is 1.71. The van der Waals surface area contributed by atoms with Crippen molar-refractivity contribution in [2.24, 2.45) is 5.73 Å². The summed E-state index contributed by atoms with van der Waals surface area (Å²) in [5.74, 6) is 0. The number of thioether (sulfide) groups is 1. The summed E-state index contributed by atoms with van der Waals surface area (Å²) in [7, 11) is 2.07. The van der Waals surface area contributed by atoms with Gasteiger partial charge in [0.1, 0.15) is 4.99 Å². The smallest absolute Gasteiger partial charge is 0.107 e. The van der Waals surface area contributed by atoms with Crippen LogP contribution in [0.1, 0.15) is 18.9 Å². The molecule has 0 saturated carbocycles. The predicted octanol–water partition coefficient (Wildman–Crippen LogP) is 2.89. The first kappa shape index (κ1) is 13.3. The van der Waals surface area contributed by atoms with Crippen LogP contribution in [0, 0.1) is 0 Å². The van der Waals surface area contributed by atoms with Crippen molar-refractivity contribution in [2.45, 2.75) is 18.2 Å². The van der Waals surface area contributed by atoms with Gasteiger partial charge in [-0.05, 0) is 24.8 Å². The second-order valence-corrected chi connectivity index (χ2v) is 4.93. The van der Waals surface area contributed by atoms with E-state index >= 15 is 0 Å². The van der Waals surface area contributed by atoms with Crippen molar-refractivity contribution in [2.75, 3.05) is 24.7 Å². The molecule has 0 aliphatic heterocycles. The topological polar surface area (TPSA) is 29.3 Å². The van der Waals surface area contributed by atoms with Gasteiger partial charge >= 0.3 is 0 Å². The summed E-state index contributed by atoms with van der Waals surface area (Å²) in [5.41, 5.74) is 7.94. The lowest BCUT2D eigenvalue weighted by atomic mass is 10.1. The average Bonchev–Trinajstić information content (AvgIpc) is 2.28. The molecule has 0 radical (unpaired) electrons. The van der Waals surface area contributed by atoms with Crippen molar-refractivity contribution in [3.8, 4) is 0 Å². The van der Waals surface area contributed by atoms with Crippen molar-refractivity contribution in [3.63, 3.8) is 0 Å². The summed E-state index contributed by atoms with van der Waals surface area (Å²) >= 11 is 6.82. The molecule has 0 spiro atoms. The third kappa shape index (κ3) is 2.89. The molecule has 0 heterocycles. The number of rotatable bonds is 5. The molecule has 0 aromatic heterocycles. The lowest BCUT2D eigenvalue weighted by Gasteiger charge is -2.22. The summed E-state index contributed by atoms with van der Waals surface area (Å²) in [6.07, 6.45) is 3.15. The van der Waals surface area contributed by atoms with Crippen LogP contribution in [0.4, 0.5) is 5.69 Å². The second-order valence-electron chi connectivity index (χ2n) is 3.64. The fraction of sp³-hybridized carbons (Fsp3) is 0.417. The van der Waals surface area contributed by atoms with Gasteiger partial charge in [0.15, 0.2) is 0 Å². The molecular formula is C12H18N2S2. The highest BCUT2D eigenvalue weighted by Crippen LogP contribution is 2.29. The van der Waals surface area contributed by atoms with Crippen molar-refractivity contribution in [1.82, 2.24) is 0 Å². The summed E-state index contributed by atoms with van der Waals surface area (Å²) < 4.78 is 0. The van der Waals surface area contributed by atoms with Gasteiger partial charge in [0, 0.05) is 29.7 Å². The molecule has 0 aliphatic rings. The Morgan fingerprint density at radius 3 is 2.69 bits per heavy atom. The summed E-state index contributed by atoms with van der Waals surface area (Å²) in [6.45, 7) is 3.17. The Morgan fingerprint density at radius 2 is 2.19 bits per heavy atom. The lowest BCUT2D eigenvalue weighted by Crippen LogP contribution is -2.23. The highest BCUT2D eigenvalue weighted by molar-refractivity contribution is 7.98. The molecular weight excluding hydrogens is 236 g/mol. The van der Waals surface area contributed by atoms with E-state index in [4.69, 9.17) is 18.0 Å². The minimum absolute atomic E-state index is 0.475. The first-order valence-corrected chi connectivity index (χ1v) is 6.93. The van der Waals surface area contributed by atoms with E-state index in [1.54, 1.807) is 11.8 Å². The summed E-state index contributed by atoms with van der Waals surface area (Å²) in [5, 5.41) is 0. The Labute approximate surface area is 107 Å². The van der Waals surface area contributed by atoms with Crippen molar-refractivity contribution in [3.05, 3.63) is 23.8 Å². The van der Waals surface area contributed by atoms with Gasteiger partial charge in [-0.15, -0.1) is 11.8 Å². The molecule has 0 aliphatic carbocycles. The van der Waals surface area contributed by atoms with Gasteiger partial charge in [-0.25, -0.2) is 0 Å². The monoisotopic (exact) mass is 254 g/mol. The van der Waals surface area contributed by atoms with Crippen LogP contribution in [0.25, 0.3) is 0 Å². The third-order valence-electron chi connectivity index (χ3n) is 2.44. The molecule has 0 atom stereocenters. The minimum Gasteiger partial charge on any atom is -0.389 e. The lowest BCUT2D eigenvalue weighted by molar-refractivity contribution is 0.850. The molecule has 0 bridgehead atoms. The molecule has 0 saturated heterocycles. The molecule has 4 heteroatoms. The van der Waals surface area contributed by atoms with Gasteiger partial charge in [0.25, 0.3) is 0 Å². The SMILES string of the molecule is CCCN(C)c1cccc(SC)c1C(N)=S. The van der Waals surface area contributed by atoms with E-state index in [1.807, 2.05) is 6.26 Å². The molecule has 0 amide bonds. The van der Waals surface area contributed by atoms with E-state index in [2.05, 4.69) is 37.1 Å². The van der Waals surface area contributed by atoms with Gasteiger partial charge in [0.2, 0.25) is 0 Å². The van der Waals surface area contributed by atoms with E-state index in [1.165, 1.54) is 0 Å². The number of anilines is 1. The number of benzene rings is 1. The van der Waals surface area contributed by atoms with Gasteiger partial charge < -0.3 is 10.6 Å². The van der Waals surface area contributed by atoms with E-state index in [0.29, 0.717) is 4.99 Å². The van der Waals surface area contributed by atoms with Crippen LogP contribution < -0.4 is 10.6 Å². The number of nitrogens with two attached hydrogens (primary N) is 1. The third-order valence-corrected chi connectivity index (χ3v) is 3.42. The highest BCUT2D eigenvalue weighted by Gasteiger charge is 2.13. The van der Waals surface area contributed by atoms with Crippen LogP contribution in [0.5, 0.6) is 0 Å². The minimum atomic E-state index is 0.475. The Kier molecular flexibility index (Phi) is 5.09. The van der Waals surface area contributed by atoms with E-state index in [-0.39, 0.29) is 0 Å². The average molecular weight is 254 g/mol. The van der Waals surface area contributed by atoms with Gasteiger partial charge in [0.05, 0.1) is 0 Å². The predicted molar refractivity (Wildman–Crippen MR) is 77.7 cm³/mol. The molecule has 1 rings (SSSR count). The normalized spacial score (nSPS) is 10.2. The maximum absolute atomic E-state index is 5.82. The maximum Gasteiger partial charge on any atom is 0.107 e. The second kappa shape index (κ2) is 6.11. The Hall–Kier alpha value is -0.740. The van der Waals surface area contributed by atoms with E-state index in [9.17, 15) is 0 Å². The van der Waals surface area contributed by atoms with Crippen molar-refractivity contribution < 1.29 is 0 Å². The molecule has 0 fully saturated rings. The van der Waals surface area contributed by atoms with Crippen molar-refractivity contribution in [1.29, 1.82) is 0 Å². The quantitative estimate of drug-likeness (QED) is 0.646. The molecule has 1 aromatic carbocycles. The highest BCUT2D eigenvalue weighted by atomic mass is 32.2. The van der Waals surface area contributed by atoms with Crippen LogP contribution >= 0.6 is 24.0 Å². The largest absolute Gasteiger partial charge is 0.389 e. The Bertz CT molecular complexity index is 377. The summed E-state index contributed by atoms with van der Waals surface area (Å²) in [6, 6.07) is 6.18. The molecule has 2 N–H and O–H groups in total.